The molecule has 0 saturated carbocycles. The van der Waals surface area contributed by atoms with E-state index in [0.717, 1.165) is 6.07 Å². The van der Waals surface area contributed by atoms with Gasteiger partial charge < -0.3 is 20.1 Å². The van der Waals surface area contributed by atoms with Crippen molar-refractivity contribution in [2.45, 2.75) is 32.2 Å². The number of halogens is 3. The number of benzene rings is 1. The molecule has 1 fully saturated rings. The molecule has 0 spiro atoms. The highest BCUT2D eigenvalue weighted by molar-refractivity contribution is 5.98. The minimum absolute atomic E-state index is 0.142. The molecule has 10 heteroatoms. The number of alkyl halides is 3. The van der Waals surface area contributed by atoms with Gasteiger partial charge in [-0.2, -0.15) is 5.26 Å². The third-order valence-corrected chi connectivity index (χ3v) is 3.97. The summed E-state index contributed by atoms with van der Waals surface area (Å²) in [6, 6.07) is 4.09. The van der Waals surface area contributed by atoms with Crippen LogP contribution in [0.5, 0.6) is 5.75 Å². The summed E-state index contributed by atoms with van der Waals surface area (Å²) >= 11 is 0. The van der Waals surface area contributed by atoms with Crippen molar-refractivity contribution in [1.29, 1.82) is 5.26 Å². The molecule has 2 N–H and O–H groups in total. The van der Waals surface area contributed by atoms with Gasteiger partial charge in [-0.1, -0.05) is 6.07 Å². The van der Waals surface area contributed by atoms with Crippen molar-refractivity contribution in [2.24, 2.45) is 5.92 Å². The summed E-state index contributed by atoms with van der Waals surface area (Å²) in [6.07, 6.45) is -3.87. The molecule has 7 nitrogen and oxygen atoms in total. The van der Waals surface area contributed by atoms with Crippen LogP contribution < -0.4 is 15.4 Å². The zero-order chi connectivity index (χ0) is 20.0. The number of amides is 2. The number of carbonyl (C=O) groups excluding carboxylic acids is 2. The average Bonchev–Trinajstić information content (AvgIpc) is 2.61. The lowest BCUT2D eigenvalue weighted by atomic mass is 9.99. The van der Waals surface area contributed by atoms with Crippen LogP contribution in [-0.4, -0.2) is 37.4 Å². The Labute approximate surface area is 153 Å². The molecule has 1 saturated heterocycles. The van der Waals surface area contributed by atoms with Crippen molar-refractivity contribution >= 4 is 17.5 Å². The van der Waals surface area contributed by atoms with E-state index in [0.29, 0.717) is 26.1 Å². The highest BCUT2D eigenvalue weighted by Gasteiger charge is 2.33. The Hall–Kier alpha value is -2.80. The summed E-state index contributed by atoms with van der Waals surface area (Å²) in [7, 11) is 0. The lowest BCUT2D eigenvalue weighted by molar-refractivity contribution is -0.274. The molecule has 0 radical (unpaired) electrons. The van der Waals surface area contributed by atoms with Crippen LogP contribution in [0.3, 0.4) is 0 Å². The first-order valence-corrected chi connectivity index (χ1v) is 8.19. The van der Waals surface area contributed by atoms with Crippen LogP contribution in [0.1, 0.15) is 25.3 Å². The molecule has 2 amide bonds. The van der Waals surface area contributed by atoms with Crippen molar-refractivity contribution in [1.82, 2.24) is 5.32 Å². The third kappa shape index (κ3) is 5.86. The number of nitrogens with zero attached hydrogens (tertiary/aromatic N) is 1. The van der Waals surface area contributed by atoms with Gasteiger partial charge in [0, 0.05) is 19.1 Å². The van der Waals surface area contributed by atoms with Gasteiger partial charge in [-0.15, -0.1) is 13.2 Å². The Morgan fingerprint density at radius 1 is 1.33 bits per heavy atom. The van der Waals surface area contributed by atoms with E-state index in [1.54, 1.807) is 6.07 Å². The van der Waals surface area contributed by atoms with Crippen LogP contribution in [0.15, 0.2) is 18.2 Å². The van der Waals surface area contributed by atoms with E-state index in [1.807, 2.05) is 0 Å². The summed E-state index contributed by atoms with van der Waals surface area (Å²) in [5.41, 5.74) is -0.609. The first-order chi connectivity index (χ1) is 12.7. The molecular formula is C17H18F3N3O4. The minimum Gasteiger partial charge on any atom is -0.404 e. The van der Waals surface area contributed by atoms with Crippen molar-refractivity contribution in [3.05, 3.63) is 23.8 Å². The molecule has 146 valence electrons. The van der Waals surface area contributed by atoms with Crippen LogP contribution in [0.2, 0.25) is 0 Å². The van der Waals surface area contributed by atoms with E-state index in [9.17, 15) is 22.8 Å². The van der Waals surface area contributed by atoms with Crippen LogP contribution in [0, 0.1) is 17.2 Å². The number of nitrogens with one attached hydrogen (secondary N) is 2. The lowest BCUT2D eigenvalue weighted by Crippen LogP contribution is -2.45. The molecular weight excluding hydrogens is 367 g/mol. The number of carbonyl (C=O) groups is 2. The molecule has 1 atom stereocenters. The highest BCUT2D eigenvalue weighted by atomic mass is 19.4. The molecule has 1 aromatic rings. The van der Waals surface area contributed by atoms with E-state index < -0.39 is 29.6 Å². The van der Waals surface area contributed by atoms with Gasteiger partial charge in [0.2, 0.25) is 11.8 Å². The fourth-order valence-corrected chi connectivity index (χ4v) is 2.56. The normalized spacial score (nSPS) is 16.1. The van der Waals surface area contributed by atoms with Crippen molar-refractivity contribution < 1.29 is 32.2 Å². The quantitative estimate of drug-likeness (QED) is 0.810. The molecule has 1 aromatic carbocycles. The molecule has 1 aliphatic rings. The maximum atomic E-state index is 12.4. The highest BCUT2D eigenvalue weighted by Crippen LogP contribution is 2.30. The van der Waals surface area contributed by atoms with Gasteiger partial charge in [0.05, 0.1) is 5.69 Å². The maximum absolute atomic E-state index is 12.4. The van der Waals surface area contributed by atoms with Gasteiger partial charge in [-0.05, 0) is 31.9 Å². The summed E-state index contributed by atoms with van der Waals surface area (Å²) in [6.45, 7) is 2.38. The van der Waals surface area contributed by atoms with Gasteiger partial charge in [-0.3, -0.25) is 9.59 Å². The second-order valence-corrected chi connectivity index (χ2v) is 5.94. The van der Waals surface area contributed by atoms with Crippen LogP contribution in [0.4, 0.5) is 18.9 Å². The standard InChI is InChI=1S/C17H18F3N3O4/c1-10(22-16(25)11-5-7-26-8-6-11)15(24)23-13-3-2-4-14(12(13)9-21)27-17(18,19)20/h2-4,10-11H,5-8H2,1H3,(H,22,25)(H,23,24). The zero-order valence-electron chi connectivity index (χ0n) is 14.4. The lowest BCUT2D eigenvalue weighted by Gasteiger charge is -2.23. The van der Waals surface area contributed by atoms with Crippen molar-refractivity contribution in [3.63, 3.8) is 0 Å². The van der Waals surface area contributed by atoms with Gasteiger partial charge in [-0.25, -0.2) is 0 Å². The fourth-order valence-electron chi connectivity index (χ4n) is 2.56. The number of anilines is 1. The van der Waals surface area contributed by atoms with E-state index >= 15 is 0 Å². The Morgan fingerprint density at radius 3 is 2.59 bits per heavy atom. The Morgan fingerprint density at radius 2 is 2.00 bits per heavy atom. The fraction of sp³-hybridized carbons (Fsp3) is 0.471. The van der Waals surface area contributed by atoms with Crippen LogP contribution in [0.25, 0.3) is 0 Å². The Kier molecular flexibility index (Phi) is 6.63. The first-order valence-electron chi connectivity index (χ1n) is 8.19. The van der Waals surface area contributed by atoms with E-state index in [-0.39, 0.29) is 17.5 Å². The number of nitriles is 1. The van der Waals surface area contributed by atoms with Gasteiger partial charge in [0.1, 0.15) is 23.4 Å². The zero-order valence-corrected chi connectivity index (χ0v) is 14.4. The average molecular weight is 385 g/mol. The maximum Gasteiger partial charge on any atom is 0.573 e. The summed E-state index contributed by atoms with van der Waals surface area (Å²) in [5.74, 6) is -1.94. The SMILES string of the molecule is CC(NC(=O)C1CCOCC1)C(=O)Nc1cccc(OC(F)(F)F)c1C#N. The Bertz CT molecular complexity index is 740. The monoisotopic (exact) mass is 385 g/mol. The largest absolute Gasteiger partial charge is 0.573 e. The Balaban J connectivity index is 2.05. The predicted molar refractivity (Wildman–Crippen MR) is 87.6 cm³/mol. The van der Waals surface area contributed by atoms with Gasteiger partial charge >= 0.3 is 6.36 Å². The summed E-state index contributed by atoms with van der Waals surface area (Å²) in [4.78, 5) is 24.4. The number of ether oxygens (including phenoxy) is 2. The van der Waals surface area contributed by atoms with Gasteiger partial charge in [0.25, 0.3) is 0 Å². The van der Waals surface area contributed by atoms with Crippen molar-refractivity contribution in [3.8, 4) is 11.8 Å². The smallest absolute Gasteiger partial charge is 0.404 e. The number of hydrogen-bond donors (Lipinski definition) is 2. The molecule has 0 aliphatic carbocycles. The first kappa shape index (κ1) is 20.5. The van der Waals surface area contributed by atoms with Gasteiger partial charge in [0.15, 0.2) is 0 Å². The molecule has 27 heavy (non-hydrogen) atoms. The molecule has 1 unspecified atom stereocenters. The molecule has 0 aromatic heterocycles. The predicted octanol–water partition coefficient (Wildman–Crippen LogP) is 2.33. The molecule has 0 bridgehead atoms. The topological polar surface area (TPSA) is 100 Å². The van der Waals surface area contributed by atoms with E-state index in [4.69, 9.17) is 10.00 Å². The third-order valence-electron chi connectivity index (χ3n) is 3.97. The number of hydrogen-bond acceptors (Lipinski definition) is 5. The molecule has 1 heterocycles. The molecule has 1 aliphatic heterocycles. The minimum atomic E-state index is -4.97. The second kappa shape index (κ2) is 8.73. The van der Waals surface area contributed by atoms with Crippen LogP contribution >= 0.6 is 0 Å². The van der Waals surface area contributed by atoms with Crippen molar-refractivity contribution in [2.75, 3.05) is 18.5 Å². The van der Waals surface area contributed by atoms with E-state index in [2.05, 4.69) is 15.4 Å². The summed E-state index contributed by atoms with van der Waals surface area (Å²) < 4.78 is 46.2. The second-order valence-electron chi connectivity index (χ2n) is 5.94. The van der Waals surface area contributed by atoms with E-state index in [1.165, 1.54) is 19.1 Å². The molecule has 2 rings (SSSR count). The van der Waals surface area contributed by atoms with Crippen LogP contribution in [-0.2, 0) is 14.3 Å². The summed E-state index contributed by atoms with van der Waals surface area (Å²) in [5, 5.41) is 14.0. The number of rotatable bonds is 5.